The van der Waals surface area contributed by atoms with Crippen molar-refractivity contribution in [1.82, 2.24) is 5.32 Å². The number of aliphatic hydroxyl groups is 1. The Balaban J connectivity index is 1.84. The second-order valence-electron chi connectivity index (χ2n) is 4.48. The number of aliphatic hydroxyl groups excluding tert-OH is 1. The van der Waals surface area contributed by atoms with Gasteiger partial charge in [0.25, 0.3) is 0 Å². The number of fused-ring (bicyclic) bond motifs is 2. The molecule has 0 saturated heterocycles. The lowest BCUT2D eigenvalue weighted by Gasteiger charge is -2.18. The lowest BCUT2D eigenvalue weighted by atomic mass is 9.93. The topological polar surface area (TPSA) is 49.3 Å². The maximum atomic E-state index is 11.7. The number of carbonyl (C=O) groups excluding carboxylic acids is 1. The normalized spacial score (nSPS) is 36.0. The molecule has 2 aliphatic rings. The molecule has 3 nitrogen and oxygen atoms in total. The van der Waals surface area contributed by atoms with Crippen molar-refractivity contribution in [3.05, 3.63) is 12.2 Å². The lowest BCUT2D eigenvalue weighted by Crippen LogP contribution is -2.36. The molecule has 0 aromatic rings. The third kappa shape index (κ3) is 1.82. The van der Waals surface area contributed by atoms with Crippen molar-refractivity contribution in [3.63, 3.8) is 0 Å². The van der Waals surface area contributed by atoms with E-state index in [0.29, 0.717) is 18.4 Å². The van der Waals surface area contributed by atoms with E-state index in [9.17, 15) is 4.79 Å². The number of rotatable bonds is 3. The molecular weight excluding hydrogens is 178 g/mol. The zero-order chi connectivity index (χ0) is 10.1. The molecule has 0 aromatic heterocycles. The van der Waals surface area contributed by atoms with Gasteiger partial charge in [-0.05, 0) is 31.6 Å². The number of allylic oxidation sites excluding steroid dienone is 2. The van der Waals surface area contributed by atoms with Crippen LogP contribution in [0.5, 0.6) is 0 Å². The molecule has 2 bridgehead atoms. The van der Waals surface area contributed by atoms with Crippen molar-refractivity contribution in [2.75, 3.05) is 6.54 Å². The Hall–Kier alpha value is -0.830. The molecule has 2 aliphatic carbocycles. The summed E-state index contributed by atoms with van der Waals surface area (Å²) >= 11 is 0. The quantitative estimate of drug-likeness (QED) is 0.651. The fourth-order valence-electron chi connectivity index (χ4n) is 2.46. The SMILES string of the molecule is C[C@@H](O)CNC(=O)C1CC2C=CC1C2. The van der Waals surface area contributed by atoms with Gasteiger partial charge in [-0.3, -0.25) is 4.79 Å². The molecule has 0 radical (unpaired) electrons. The largest absolute Gasteiger partial charge is 0.392 e. The minimum absolute atomic E-state index is 0.114. The predicted molar refractivity (Wildman–Crippen MR) is 53.5 cm³/mol. The second kappa shape index (κ2) is 3.73. The second-order valence-corrected chi connectivity index (χ2v) is 4.48. The molecule has 3 unspecified atom stereocenters. The highest BCUT2D eigenvalue weighted by molar-refractivity contribution is 5.80. The molecular formula is C11H17NO2. The Bertz CT molecular complexity index is 260. The van der Waals surface area contributed by atoms with E-state index in [1.165, 1.54) is 0 Å². The third-order valence-corrected chi connectivity index (χ3v) is 3.19. The van der Waals surface area contributed by atoms with Gasteiger partial charge in [0.05, 0.1) is 6.10 Å². The average molecular weight is 195 g/mol. The molecule has 0 aliphatic heterocycles. The van der Waals surface area contributed by atoms with Crippen LogP contribution in [0.25, 0.3) is 0 Å². The zero-order valence-electron chi connectivity index (χ0n) is 8.44. The van der Waals surface area contributed by atoms with Gasteiger partial charge in [-0.1, -0.05) is 12.2 Å². The number of hydrogen-bond acceptors (Lipinski definition) is 2. The maximum absolute atomic E-state index is 11.7. The lowest BCUT2D eigenvalue weighted by molar-refractivity contribution is -0.126. The Kier molecular flexibility index (Phi) is 2.59. The molecule has 1 saturated carbocycles. The fraction of sp³-hybridized carbons (Fsp3) is 0.727. The Morgan fingerprint density at radius 3 is 2.86 bits per heavy atom. The first-order valence-corrected chi connectivity index (χ1v) is 5.31. The Morgan fingerprint density at radius 1 is 1.57 bits per heavy atom. The van der Waals surface area contributed by atoms with Gasteiger partial charge >= 0.3 is 0 Å². The van der Waals surface area contributed by atoms with Crippen LogP contribution in [-0.2, 0) is 4.79 Å². The monoisotopic (exact) mass is 195 g/mol. The summed E-state index contributed by atoms with van der Waals surface area (Å²) in [5.74, 6) is 1.35. The maximum Gasteiger partial charge on any atom is 0.223 e. The predicted octanol–water partition coefficient (Wildman–Crippen LogP) is 0.696. The minimum atomic E-state index is -0.451. The van der Waals surface area contributed by atoms with E-state index in [1.54, 1.807) is 6.92 Å². The molecule has 0 spiro atoms. The van der Waals surface area contributed by atoms with Crippen molar-refractivity contribution in [2.24, 2.45) is 17.8 Å². The summed E-state index contributed by atoms with van der Waals surface area (Å²) in [5.41, 5.74) is 0. The van der Waals surface area contributed by atoms with E-state index in [1.807, 2.05) is 0 Å². The molecule has 0 aromatic carbocycles. The highest BCUT2D eigenvalue weighted by Crippen LogP contribution is 2.43. The number of carbonyl (C=O) groups is 1. The van der Waals surface area contributed by atoms with Crippen molar-refractivity contribution in [3.8, 4) is 0 Å². The van der Waals surface area contributed by atoms with Crippen LogP contribution in [0.2, 0.25) is 0 Å². The first kappa shape index (κ1) is 9.71. The van der Waals surface area contributed by atoms with Gasteiger partial charge in [0.2, 0.25) is 5.91 Å². The summed E-state index contributed by atoms with van der Waals surface area (Å²) in [5, 5.41) is 11.8. The Labute approximate surface area is 84.2 Å². The first-order valence-electron chi connectivity index (χ1n) is 5.31. The fourth-order valence-corrected chi connectivity index (χ4v) is 2.46. The standard InChI is InChI=1S/C11H17NO2/c1-7(13)6-12-11(14)10-5-8-2-3-9(10)4-8/h2-3,7-10,13H,4-6H2,1H3,(H,12,14)/t7-,8?,9?,10?/m1/s1. The van der Waals surface area contributed by atoms with Crippen LogP contribution in [-0.4, -0.2) is 23.7 Å². The van der Waals surface area contributed by atoms with Crippen LogP contribution in [0.1, 0.15) is 19.8 Å². The molecule has 14 heavy (non-hydrogen) atoms. The highest BCUT2D eigenvalue weighted by Gasteiger charge is 2.39. The van der Waals surface area contributed by atoms with Crippen LogP contribution >= 0.6 is 0 Å². The van der Waals surface area contributed by atoms with Crippen LogP contribution in [0.4, 0.5) is 0 Å². The van der Waals surface area contributed by atoms with E-state index in [2.05, 4.69) is 17.5 Å². The van der Waals surface area contributed by atoms with Crippen LogP contribution in [0.3, 0.4) is 0 Å². The van der Waals surface area contributed by atoms with Crippen LogP contribution in [0.15, 0.2) is 12.2 Å². The van der Waals surface area contributed by atoms with Gasteiger partial charge in [-0.25, -0.2) is 0 Å². The van der Waals surface area contributed by atoms with Gasteiger partial charge in [0, 0.05) is 12.5 Å². The molecule has 4 atom stereocenters. The molecule has 2 N–H and O–H groups in total. The van der Waals surface area contributed by atoms with Gasteiger partial charge in [-0.15, -0.1) is 0 Å². The van der Waals surface area contributed by atoms with E-state index in [4.69, 9.17) is 5.11 Å². The summed E-state index contributed by atoms with van der Waals surface area (Å²) in [6, 6.07) is 0. The van der Waals surface area contributed by atoms with Gasteiger partial charge in [0.15, 0.2) is 0 Å². The molecule has 3 heteroatoms. The summed E-state index contributed by atoms with van der Waals surface area (Å²) in [6.45, 7) is 2.05. The van der Waals surface area contributed by atoms with Crippen LogP contribution < -0.4 is 5.32 Å². The van der Waals surface area contributed by atoms with Gasteiger partial charge in [0.1, 0.15) is 0 Å². The van der Waals surface area contributed by atoms with Crippen molar-refractivity contribution < 1.29 is 9.90 Å². The number of amides is 1. The summed E-state index contributed by atoms with van der Waals surface area (Å²) in [6.07, 6.45) is 6.08. The van der Waals surface area contributed by atoms with E-state index in [0.717, 1.165) is 12.8 Å². The first-order chi connectivity index (χ1) is 6.66. The van der Waals surface area contributed by atoms with E-state index in [-0.39, 0.29) is 11.8 Å². The smallest absolute Gasteiger partial charge is 0.223 e. The zero-order valence-corrected chi connectivity index (χ0v) is 8.44. The van der Waals surface area contributed by atoms with Gasteiger partial charge < -0.3 is 10.4 Å². The van der Waals surface area contributed by atoms with Crippen LogP contribution in [0, 0.1) is 17.8 Å². The number of hydrogen-bond donors (Lipinski definition) is 2. The van der Waals surface area contributed by atoms with Crippen molar-refractivity contribution in [2.45, 2.75) is 25.9 Å². The molecule has 1 fully saturated rings. The third-order valence-electron chi connectivity index (χ3n) is 3.19. The Morgan fingerprint density at radius 2 is 2.36 bits per heavy atom. The van der Waals surface area contributed by atoms with Crippen molar-refractivity contribution in [1.29, 1.82) is 0 Å². The van der Waals surface area contributed by atoms with E-state index < -0.39 is 6.10 Å². The number of nitrogens with one attached hydrogen (secondary N) is 1. The molecule has 2 rings (SSSR count). The minimum Gasteiger partial charge on any atom is -0.392 e. The summed E-state index contributed by atoms with van der Waals surface area (Å²) in [4.78, 5) is 11.7. The highest BCUT2D eigenvalue weighted by atomic mass is 16.3. The van der Waals surface area contributed by atoms with Gasteiger partial charge in [-0.2, -0.15) is 0 Å². The summed E-state index contributed by atoms with van der Waals surface area (Å²) in [7, 11) is 0. The van der Waals surface area contributed by atoms with Crippen molar-refractivity contribution >= 4 is 5.91 Å². The molecule has 78 valence electrons. The van der Waals surface area contributed by atoms with E-state index >= 15 is 0 Å². The summed E-state index contributed by atoms with van der Waals surface area (Å²) < 4.78 is 0. The average Bonchev–Trinajstić information content (AvgIpc) is 2.74. The molecule has 0 heterocycles. The molecule has 1 amide bonds.